The van der Waals surface area contributed by atoms with Crippen LogP contribution in [0.3, 0.4) is 0 Å². The lowest BCUT2D eigenvalue weighted by Crippen LogP contribution is -2.22. The predicted molar refractivity (Wildman–Crippen MR) is 84.9 cm³/mol. The topological polar surface area (TPSA) is 54.0 Å². The highest BCUT2D eigenvalue weighted by Crippen LogP contribution is 2.24. The molecule has 5 nitrogen and oxygen atoms in total. The molecule has 1 aliphatic carbocycles. The molecule has 0 radical (unpaired) electrons. The largest absolute Gasteiger partial charge is 0.463 e. The summed E-state index contributed by atoms with van der Waals surface area (Å²) in [5.74, 6) is 0.0635. The zero-order valence-electron chi connectivity index (χ0n) is 14.0. The summed E-state index contributed by atoms with van der Waals surface area (Å²) in [5, 5.41) is 0. The maximum Gasteiger partial charge on any atom is 0.309 e. The number of hydrogen-bond donors (Lipinski definition) is 0. The molecule has 0 unspecified atom stereocenters. The van der Waals surface area contributed by atoms with E-state index in [0.29, 0.717) is 39.6 Å². The molecule has 1 aliphatic rings. The van der Waals surface area contributed by atoms with Crippen molar-refractivity contribution in [1.82, 2.24) is 0 Å². The highest BCUT2D eigenvalue weighted by Gasteiger charge is 2.22. The third-order valence-corrected chi connectivity index (χ3v) is 3.80. The second-order valence-corrected chi connectivity index (χ2v) is 5.69. The third kappa shape index (κ3) is 10.1. The van der Waals surface area contributed by atoms with E-state index in [1.165, 1.54) is 6.42 Å². The summed E-state index contributed by atoms with van der Waals surface area (Å²) in [6.45, 7) is 6.04. The van der Waals surface area contributed by atoms with Crippen molar-refractivity contribution in [2.45, 2.75) is 51.9 Å². The summed E-state index contributed by atoms with van der Waals surface area (Å²) in [6.07, 6.45) is 7.76. The summed E-state index contributed by atoms with van der Waals surface area (Å²) >= 11 is 0. The number of ether oxygens (including phenoxy) is 4. The summed E-state index contributed by atoms with van der Waals surface area (Å²) < 4.78 is 21.4. The Kier molecular flexibility index (Phi) is 12.3. The van der Waals surface area contributed by atoms with Gasteiger partial charge in [-0.05, 0) is 19.3 Å². The molecule has 22 heavy (non-hydrogen) atoms. The second-order valence-electron chi connectivity index (χ2n) is 5.69. The van der Waals surface area contributed by atoms with Gasteiger partial charge in [-0.3, -0.25) is 4.79 Å². The van der Waals surface area contributed by atoms with Gasteiger partial charge in [-0.25, -0.2) is 0 Å². The van der Waals surface area contributed by atoms with E-state index < -0.39 is 0 Å². The lowest BCUT2D eigenvalue weighted by molar-refractivity contribution is -0.151. The van der Waals surface area contributed by atoms with Crippen LogP contribution in [0, 0.1) is 5.92 Å². The fourth-order valence-electron chi connectivity index (χ4n) is 2.45. The first-order chi connectivity index (χ1) is 10.8. The molecule has 0 spiro atoms. The monoisotopic (exact) mass is 316 g/mol. The summed E-state index contributed by atoms with van der Waals surface area (Å²) in [6, 6.07) is 0. The summed E-state index contributed by atoms with van der Waals surface area (Å²) in [4.78, 5) is 11.8. The molecular weight excluding hydrogens is 284 g/mol. The van der Waals surface area contributed by atoms with Gasteiger partial charge in [-0.15, -0.1) is 0 Å². The maximum absolute atomic E-state index is 11.8. The van der Waals surface area contributed by atoms with Gasteiger partial charge >= 0.3 is 5.97 Å². The fourth-order valence-corrected chi connectivity index (χ4v) is 2.45. The van der Waals surface area contributed by atoms with E-state index in [-0.39, 0.29) is 11.9 Å². The van der Waals surface area contributed by atoms with Crippen molar-refractivity contribution in [2.75, 3.05) is 46.2 Å². The molecule has 1 saturated carbocycles. The minimum atomic E-state index is -0.0521. The Hall–Kier alpha value is -0.650. The molecule has 0 aromatic rings. The molecule has 0 bridgehead atoms. The van der Waals surface area contributed by atoms with Crippen molar-refractivity contribution in [1.29, 1.82) is 0 Å². The minimum Gasteiger partial charge on any atom is -0.463 e. The van der Waals surface area contributed by atoms with Crippen LogP contribution in [0.15, 0.2) is 0 Å². The SMILES string of the molecule is CCCCOCCOCCOCCOC(=O)C1CCCCC1. The van der Waals surface area contributed by atoms with Gasteiger partial charge in [0.15, 0.2) is 0 Å². The van der Waals surface area contributed by atoms with E-state index in [4.69, 9.17) is 18.9 Å². The number of rotatable bonds is 13. The zero-order chi connectivity index (χ0) is 15.9. The van der Waals surface area contributed by atoms with E-state index in [2.05, 4.69) is 6.92 Å². The molecule has 0 amide bonds. The van der Waals surface area contributed by atoms with E-state index in [9.17, 15) is 4.79 Å². The predicted octanol–water partition coefficient (Wildman–Crippen LogP) is 2.96. The lowest BCUT2D eigenvalue weighted by atomic mass is 9.89. The zero-order valence-corrected chi connectivity index (χ0v) is 14.0. The average molecular weight is 316 g/mol. The number of hydrogen-bond acceptors (Lipinski definition) is 5. The quantitative estimate of drug-likeness (QED) is 0.386. The Balaban J connectivity index is 1.78. The normalized spacial score (nSPS) is 15.9. The van der Waals surface area contributed by atoms with Gasteiger partial charge in [0.2, 0.25) is 0 Å². The minimum absolute atomic E-state index is 0.0521. The average Bonchev–Trinajstić information content (AvgIpc) is 2.56. The van der Waals surface area contributed by atoms with Crippen LogP contribution in [0.1, 0.15) is 51.9 Å². The standard InChI is InChI=1S/C17H32O5/c1-2-3-9-19-10-11-20-12-13-21-14-15-22-17(18)16-7-5-4-6-8-16/h16H,2-15H2,1H3. The van der Waals surface area contributed by atoms with Crippen LogP contribution in [-0.2, 0) is 23.7 Å². The van der Waals surface area contributed by atoms with Crippen molar-refractivity contribution in [2.24, 2.45) is 5.92 Å². The molecule has 0 aromatic carbocycles. The number of esters is 1. The summed E-state index contributed by atoms with van der Waals surface area (Å²) in [5.41, 5.74) is 0. The molecular formula is C17H32O5. The molecule has 1 rings (SSSR count). The molecule has 0 heterocycles. The van der Waals surface area contributed by atoms with E-state index in [1.54, 1.807) is 0 Å². The van der Waals surface area contributed by atoms with Crippen LogP contribution in [0.5, 0.6) is 0 Å². The number of carbonyl (C=O) groups is 1. The second kappa shape index (κ2) is 14.0. The third-order valence-electron chi connectivity index (χ3n) is 3.80. The molecule has 1 fully saturated rings. The molecule has 5 heteroatoms. The van der Waals surface area contributed by atoms with Crippen molar-refractivity contribution < 1.29 is 23.7 Å². The Labute approximate surface area is 134 Å². The fraction of sp³-hybridized carbons (Fsp3) is 0.941. The summed E-state index contributed by atoms with van der Waals surface area (Å²) in [7, 11) is 0. The van der Waals surface area contributed by atoms with Crippen molar-refractivity contribution in [3.63, 3.8) is 0 Å². The number of unbranched alkanes of at least 4 members (excludes halogenated alkanes) is 1. The van der Waals surface area contributed by atoms with Crippen molar-refractivity contribution >= 4 is 5.97 Å². The van der Waals surface area contributed by atoms with Crippen molar-refractivity contribution in [3.8, 4) is 0 Å². The van der Waals surface area contributed by atoms with E-state index >= 15 is 0 Å². The van der Waals surface area contributed by atoms with Gasteiger partial charge in [-0.2, -0.15) is 0 Å². The molecule has 130 valence electrons. The van der Waals surface area contributed by atoms with E-state index in [0.717, 1.165) is 45.1 Å². The van der Waals surface area contributed by atoms with Crippen LogP contribution < -0.4 is 0 Å². The Morgan fingerprint density at radius 3 is 1.95 bits per heavy atom. The first-order valence-corrected chi connectivity index (χ1v) is 8.74. The van der Waals surface area contributed by atoms with Crippen LogP contribution in [-0.4, -0.2) is 52.2 Å². The number of carbonyl (C=O) groups excluding carboxylic acids is 1. The smallest absolute Gasteiger partial charge is 0.309 e. The highest BCUT2D eigenvalue weighted by atomic mass is 16.6. The lowest BCUT2D eigenvalue weighted by Gasteiger charge is -2.19. The van der Waals surface area contributed by atoms with Gasteiger partial charge in [0, 0.05) is 6.61 Å². The molecule has 0 saturated heterocycles. The molecule has 0 atom stereocenters. The maximum atomic E-state index is 11.8. The molecule has 0 aromatic heterocycles. The Morgan fingerprint density at radius 2 is 1.36 bits per heavy atom. The highest BCUT2D eigenvalue weighted by molar-refractivity contribution is 5.72. The van der Waals surface area contributed by atoms with Gasteiger partial charge in [0.05, 0.1) is 39.0 Å². The first-order valence-electron chi connectivity index (χ1n) is 8.74. The molecule has 0 aliphatic heterocycles. The van der Waals surface area contributed by atoms with Crippen LogP contribution in [0.2, 0.25) is 0 Å². The van der Waals surface area contributed by atoms with E-state index in [1.807, 2.05) is 0 Å². The van der Waals surface area contributed by atoms with Gasteiger partial charge in [-0.1, -0.05) is 32.6 Å². The van der Waals surface area contributed by atoms with Gasteiger partial charge in [0.25, 0.3) is 0 Å². The Bertz CT molecular complexity index is 264. The van der Waals surface area contributed by atoms with Crippen LogP contribution >= 0.6 is 0 Å². The van der Waals surface area contributed by atoms with Gasteiger partial charge < -0.3 is 18.9 Å². The van der Waals surface area contributed by atoms with Crippen molar-refractivity contribution in [3.05, 3.63) is 0 Å². The van der Waals surface area contributed by atoms with Crippen LogP contribution in [0.25, 0.3) is 0 Å². The van der Waals surface area contributed by atoms with Crippen LogP contribution in [0.4, 0.5) is 0 Å². The first kappa shape index (κ1) is 19.4. The Morgan fingerprint density at radius 1 is 0.818 bits per heavy atom. The van der Waals surface area contributed by atoms with Gasteiger partial charge in [0.1, 0.15) is 6.61 Å². The molecule has 0 N–H and O–H groups in total.